The third-order valence-electron chi connectivity index (χ3n) is 2.23. The summed E-state index contributed by atoms with van der Waals surface area (Å²) in [6, 6.07) is 4.54. The summed E-state index contributed by atoms with van der Waals surface area (Å²) in [5, 5.41) is 0. The van der Waals surface area contributed by atoms with E-state index in [1.54, 1.807) is 26.8 Å². The van der Waals surface area contributed by atoms with Crippen molar-refractivity contribution in [3.05, 3.63) is 23.8 Å². The van der Waals surface area contributed by atoms with E-state index >= 15 is 0 Å². The fourth-order valence-electron chi connectivity index (χ4n) is 1.17. The summed E-state index contributed by atoms with van der Waals surface area (Å²) in [5.41, 5.74) is -0.213. The van der Waals surface area contributed by atoms with Crippen LogP contribution in [0.15, 0.2) is 18.2 Å². The number of aldehydes is 1. The van der Waals surface area contributed by atoms with Crippen molar-refractivity contribution in [1.82, 2.24) is 0 Å². The smallest absolute Gasteiger partial charge is 0.316 e. The maximum Gasteiger partial charge on any atom is 0.316 e. The maximum atomic E-state index is 11.8. The number of hydrogen-bond donors (Lipinski definition) is 0. The standard InChI is InChI=1S/C15H16O4/c1-5-8-18-13-9-11(10-16)6-7-12(13)19-14(17)15(2,3)4/h1,6-7,9-10H,8H2,2-4H3. The molecule has 0 aromatic heterocycles. The Labute approximate surface area is 112 Å². The van der Waals surface area contributed by atoms with Crippen LogP contribution in [0, 0.1) is 17.8 Å². The Bertz CT molecular complexity index is 518. The molecule has 1 aromatic carbocycles. The van der Waals surface area contributed by atoms with Gasteiger partial charge in [-0.25, -0.2) is 0 Å². The zero-order chi connectivity index (χ0) is 14.5. The maximum absolute atomic E-state index is 11.8. The van der Waals surface area contributed by atoms with Crippen LogP contribution >= 0.6 is 0 Å². The molecule has 1 rings (SSSR count). The summed E-state index contributed by atoms with van der Waals surface area (Å²) < 4.78 is 10.5. The molecule has 0 aliphatic heterocycles. The molecule has 4 heteroatoms. The van der Waals surface area contributed by atoms with Crippen molar-refractivity contribution in [2.45, 2.75) is 20.8 Å². The van der Waals surface area contributed by atoms with Gasteiger partial charge in [-0.05, 0) is 39.0 Å². The van der Waals surface area contributed by atoms with Gasteiger partial charge in [-0.3, -0.25) is 9.59 Å². The summed E-state index contributed by atoms with van der Waals surface area (Å²) in [6.45, 7) is 5.27. The van der Waals surface area contributed by atoms with E-state index in [4.69, 9.17) is 15.9 Å². The van der Waals surface area contributed by atoms with Crippen LogP contribution in [0.5, 0.6) is 11.5 Å². The molecule has 0 saturated carbocycles. The molecule has 0 aliphatic rings. The molecule has 0 N–H and O–H groups in total. The first-order chi connectivity index (χ1) is 8.88. The quantitative estimate of drug-likeness (QED) is 0.361. The molecule has 0 atom stereocenters. The second-order valence-corrected chi connectivity index (χ2v) is 4.96. The minimum absolute atomic E-state index is 0.0301. The van der Waals surface area contributed by atoms with Gasteiger partial charge in [-0.2, -0.15) is 0 Å². The first-order valence-corrected chi connectivity index (χ1v) is 5.76. The van der Waals surface area contributed by atoms with Crippen molar-refractivity contribution >= 4 is 12.3 Å². The highest BCUT2D eigenvalue weighted by molar-refractivity contribution is 5.80. The highest BCUT2D eigenvalue weighted by Gasteiger charge is 2.25. The summed E-state index contributed by atoms with van der Waals surface area (Å²) in [7, 11) is 0. The van der Waals surface area contributed by atoms with E-state index in [9.17, 15) is 9.59 Å². The Morgan fingerprint density at radius 1 is 1.37 bits per heavy atom. The molecule has 0 bridgehead atoms. The van der Waals surface area contributed by atoms with Crippen LogP contribution in [-0.4, -0.2) is 18.9 Å². The van der Waals surface area contributed by atoms with Crippen molar-refractivity contribution in [2.24, 2.45) is 5.41 Å². The minimum atomic E-state index is -0.632. The second-order valence-electron chi connectivity index (χ2n) is 4.96. The first-order valence-electron chi connectivity index (χ1n) is 5.76. The molecular weight excluding hydrogens is 244 g/mol. The molecule has 0 unspecified atom stereocenters. The van der Waals surface area contributed by atoms with Crippen LogP contribution in [0.2, 0.25) is 0 Å². The van der Waals surface area contributed by atoms with E-state index in [-0.39, 0.29) is 18.1 Å². The van der Waals surface area contributed by atoms with Gasteiger partial charge in [-0.15, -0.1) is 6.42 Å². The Hall–Kier alpha value is -2.28. The lowest BCUT2D eigenvalue weighted by Gasteiger charge is -2.18. The topological polar surface area (TPSA) is 52.6 Å². The molecule has 19 heavy (non-hydrogen) atoms. The van der Waals surface area contributed by atoms with E-state index in [2.05, 4.69) is 5.92 Å². The van der Waals surface area contributed by atoms with Crippen molar-refractivity contribution in [1.29, 1.82) is 0 Å². The molecule has 0 amide bonds. The zero-order valence-electron chi connectivity index (χ0n) is 11.2. The van der Waals surface area contributed by atoms with E-state index in [1.807, 2.05) is 0 Å². The zero-order valence-corrected chi connectivity index (χ0v) is 11.2. The van der Waals surface area contributed by atoms with Crippen LogP contribution in [0.25, 0.3) is 0 Å². The number of hydrogen-bond acceptors (Lipinski definition) is 4. The summed E-state index contributed by atoms with van der Waals surface area (Å²) in [6.07, 6.45) is 5.79. The fourth-order valence-corrected chi connectivity index (χ4v) is 1.17. The van der Waals surface area contributed by atoms with Crippen molar-refractivity contribution in [3.63, 3.8) is 0 Å². The van der Waals surface area contributed by atoms with Crippen molar-refractivity contribution < 1.29 is 19.1 Å². The van der Waals surface area contributed by atoms with Gasteiger partial charge < -0.3 is 9.47 Å². The Balaban J connectivity index is 3.02. The van der Waals surface area contributed by atoms with Gasteiger partial charge in [0.2, 0.25) is 0 Å². The van der Waals surface area contributed by atoms with Crippen LogP contribution in [0.4, 0.5) is 0 Å². The van der Waals surface area contributed by atoms with Gasteiger partial charge in [0, 0.05) is 5.56 Å². The number of benzene rings is 1. The Morgan fingerprint density at radius 3 is 2.58 bits per heavy atom. The number of rotatable bonds is 4. The molecule has 0 spiro atoms. The predicted octanol–water partition coefficient (Wildman–Crippen LogP) is 2.46. The van der Waals surface area contributed by atoms with E-state index in [0.717, 1.165) is 0 Å². The summed E-state index contributed by atoms with van der Waals surface area (Å²) in [4.78, 5) is 22.5. The van der Waals surface area contributed by atoms with Gasteiger partial charge in [-0.1, -0.05) is 5.92 Å². The largest absolute Gasteiger partial charge is 0.477 e. The van der Waals surface area contributed by atoms with E-state index in [0.29, 0.717) is 11.8 Å². The monoisotopic (exact) mass is 260 g/mol. The van der Waals surface area contributed by atoms with Gasteiger partial charge in [0.15, 0.2) is 11.5 Å². The van der Waals surface area contributed by atoms with Gasteiger partial charge in [0.05, 0.1) is 5.41 Å². The van der Waals surface area contributed by atoms with E-state index < -0.39 is 11.4 Å². The van der Waals surface area contributed by atoms with Crippen molar-refractivity contribution in [2.75, 3.05) is 6.61 Å². The van der Waals surface area contributed by atoms with Crippen LogP contribution in [0.1, 0.15) is 31.1 Å². The fraction of sp³-hybridized carbons (Fsp3) is 0.333. The minimum Gasteiger partial charge on any atom is -0.477 e. The van der Waals surface area contributed by atoms with E-state index in [1.165, 1.54) is 12.1 Å². The number of esters is 1. The molecule has 0 fully saturated rings. The van der Waals surface area contributed by atoms with Crippen LogP contribution in [-0.2, 0) is 4.79 Å². The van der Waals surface area contributed by atoms with Crippen molar-refractivity contribution in [3.8, 4) is 23.8 Å². The lowest BCUT2D eigenvalue weighted by atomic mass is 9.97. The Morgan fingerprint density at radius 2 is 2.05 bits per heavy atom. The van der Waals surface area contributed by atoms with Gasteiger partial charge >= 0.3 is 5.97 Å². The number of terminal acetylenes is 1. The highest BCUT2D eigenvalue weighted by atomic mass is 16.6. The molecule has 0 heterocycles. The molecule has 1 aromatic rings. The lowest BCUT2D eigenvalue weighted by Crippen LogP contribution is -2.25. The van der Waals surface area contributed by atoms with Crippen LogP contribution in [0.3, 0.4) is 0 Å². The average molecular weight is 260 g/mol. The summed E-state index contributed by atoms with van der Waals surface area (Å²) in [5.74, 6) is 2.45. The molecule has 0 aliphatic carbocycles. The summed E-state index contributed by atoms with van der Waals surface area (Å²) >= 11 is 0. The first kappa shape index (κ1) is 14.8. The van der Waals surface area contributed by atoms with Gasteiger partial charge in [0.1, 0.15) is 12.9 Å². The average Bonchev–Trinajstić information content (AvgIpc) is 2.36. The molecule has 4 nitrogen and oxygen atoms in total. The number of ether oxygens (including phenoxy) is 2. The predicted molar refractivity (Wildman–Crippen MR) is 71.2 cm³/mol. The third kappa shape index (κ3) is 4.14. The van der Waals surface area contributed by atoms with Crippen LogP contribution < -0.4 is 9.47 Å². The molecule has 0 saturated heterocycles. The molecular formula is C15H16O4. The Kier molecular flexibility index (Phi) is 4.71. The number of carbonyl (C=O) groups excluding carboxylic acids is 2. The molecule has 0 radical (unpaired) electrons. The molecule has 100 valence electrons. The lowest BCUT2D eigenvalue weighted by molar-refractivity contribution is -0.143. The normalized spacial score (nSPS) is 10.4. The number of carbonyl (C=O) groups is 2. The highest BCUT2D eigenvalue weighted by Crippen LogP contribution is 2.30. The van der Waals surface area contributed by atoms with Gasteiger partial charge in [0.25, 0.3) is 0 Å². The SMILES string of the molecule is C#CCOc1cc(C=O)ccc1OC(=O)C(C)(C)C. The second kappa shape index (κ2) is 6.05. The third-order valence-corrected chi connectivity index (χ3v) is 2.23.